The van der Waals surface area contributed by atoms with E-state index in [1.165, 1.54) is 12.1 Å². The van der Waals surface area contributed by atoms with Crippen molar-refractivity contribution in [1.29, 1.82) is 0 Å². The first-order chi connectivity index (χ1) is 12.2. The summed E-state index contributed by atoms with van der Waals surface area (Å²) in [6.45, 7) is 8.75. The van der Waals surface area contributed by atoms with Gasteiger partial charge in [-0.15, -0.1) is 0 Å². The van der Waals surface area contributed by atoms with Crippen LogP contribution in [0.2, 0.25) is 5.02 Å². The molecule has 140 valence electrons. The number of hydrogen-bond acceptors (Lipinski definition) is 4. The van der Waals surface area contributed by atoms with Crippen molar-refractivity contribution in [3.05, 3.63) is 51.8 Å². The Hall–Kier alpha value is -2.27. The normalized spacial score (nSPS) is 11.0. The number of aryl methyl sites for hydroxylation is 1. The maximum Gasteiger partial charge on any atom is 0.340 e. The molecule has 0 radical (unpaired) electrons. The van der Waals surface area contributed by atoms with E-state index >= 15 is 0 Å². The molecule has 0 unspecified atom stereocenters. The molecule has 0 bridgehead atoms. The molecule has 1 aromatic carbocycles. The number of Topliss-reactive ketones (excluding diaryl/α,β-unsaturated/α-hetero) is 1. The lowest BCUT2D eigenvalue weighted by Gasteiger charge is -2.11. The Bertz CT molecular complexity index is 825. The minimum Gasteiger partial charge on any atom is -0.454 e. The number of anilines is 1. The molecule has 5 nitrogen and oxygen atoms in total. The Morgan fingerprint density at radius 3 is 2.54 bits per heavy atom. The average Bonchev–Trinajstić information content (AvgIpc) is 2.87. The van der Waals surface area contributed by atoms with Crippen LogP contribution in [0.3, 0.4) is 0 Å². The fraction of sp³-hybridized carbons (Fsp3) is 0.400. The van der Waals surface area contributed by atoms with Crippen molar-refractivity contribution in [3.63, 3.8) is 0 Å². The topological polar surface area (TPSA) is 74.3 Å². The Balaban J connectivity index is 2.07. The summed E-state index contributed by atoms with van der Waals surface area (Å²) >= 11 is 5.99. The Kier molecular flexibility index (Phi) is 6.48. The quantitative estimate of drug-likeness (QED) is 0.440. The van der Waals surface area contributed by atoms with E-state index in [0.29, 0.717) is 17.2 Å². The summed E-state index contributed by atoms with van der Waals surface area (Å²) in [6, 6.07) is 6.40. The highest BCUT2D eigenvalue weighted by atomic mass is 35.5. The highest BCUT2D eigenvalue weighted by molar-refractivity contribution is 6.33. The summed E-state index contributed by atoms with van der Waals surface area (Å²) in [4.78, 5) is 24.7. The van der Waals surface area contributed by atoms with E-state index in [9.17, 15) is 9.59 Å². The van der Waals surface area contributed by atoms with E-state index in [1.54, 1.807) is 6.07 Å². The van der Waals surface area contributed by atoms with Crippen molar-refractivity contribution in [2.24, 2.45) is 5.92 Å². The molecule has 1 heterocycles. The zero-order valence-electron chi connectivity index (χ0n) is 15.6. The largest absolute Gasteiger partial charge is 0.454 e. The van der Waals surface area contributed by atoms with Gasteiger partial charge in [0.2, 0.25) is 5.78 Å². The SMILES string of the molecule is Cc1cc(C(=O)COC(=O)c2cc(N)ccc2Cl)c(C)n1CCC(C)C. The fourth-order valence-corrected chi connectivity index (χ4v) is 3.00. The molecule has 0 spiro atoms. The lowest BCUT2D eigenvalue weighted by Crippen LogP contribution is -2.15. The van der Waals surface area contributed by atoms with Crippen LogP contribution in [0.4, 0.5) is 5.69 Å². The van der Waals surface area contributed by atoms with Gasteiger partial charge >= 0.3 is 5.97 Å². The Labute approximate surface area is 159 Å². The summed E-state index contributed by atoms with van der Waals surface area (Å²) in [7, 11) is 0. The fourth-order valence-electron chi connectivity index (χ4n) is 2.80. The number of benzene rings is 1. The minimum absolute atomic E-state index is 0.155. The first-order valence-electron chi connectivity index (χ1n) is 8.62. The first kappa shape index (κ1) is 20.0. The number of aromatic nitrogens is 1. The molecule has 6 heteroatoms. The maximum atomic E-state index is 12.5. The number of esters is 1. The second kappa shape index (κ2) is 8.41. The van der Waals surface area contributed by atoms with Gasteiger partial charge in [0.05, 0.1) is 10.6 Å². The number of ketones is 1. The molecule has 0 atom stereocenters. The van der Waals surface area contributed by atoms with Crippen LogP contribution in [-0.4, -0.2) is 22.9 Å². The average molecular weight is 377 g/mol. The van der Waals surface area contributed by atoms with Crippen LogP contribution in [0.5, 0.6) is 0 Å². The number of carbonyl (C=O) groups excluding carboxylic acids is 2. The third kappa shape index (κ3) is 4.67. The summed E-state index contributed by atoms with van der Waals surface area (Å²) in [5.74, 6) is -0.314. The summed E-state index contributed by atoms with van der Waals surface area (Å²) in [5, 5.41) is 0.239. The van der Waals surface area contributed by atoms with E-state index in [2.05, 4.69) is 18.4 Å². The lowest BCUT2D eigenvalue weighted by molar-refractivity contribution is 0.0474. The number of ether oxygens (including phenoxy) is 1. The second-order valence-electron chi connectivity index (χ2n) is 6.86. The van der Waals surface area contributed by atoms with Crippen molar-refractivity contribution in [2.75, 3.05) is 12.3 Å². The van der Waals surface area contributed by atoms with Crippen molar-refractivity contribution in [1.82, 2.24) is 4.57 Å². The zero-order chi connectivity index (χ0) is 19.4. The molecular weight excluding hydrogens is 352 g/mol. The number of rotatable bonds is 7. The van der Waals surface area contributed by atoms with Gasteiger partial charge in [-0.05, 0) is 50.5 Å². The molecule has 0 saturated carbocycles. The van der Waals surface area contributed by atoms with Gasteiger partial charge in [0.25, 0.3) is 0 Å². The molecule has 2 aromatic rings. The van der Waals surface area contributed by atoms with Crippen molar-refractivity contribution >= 4 is 29.0 Å². The molecule has 26 heavy (non-hydrogen) atoms. The maximum absolute atomic E-state index is 12.5. The number of nitrogens with two attached hydrogens (primary N) is 1. The van der Waals surface area contributed by atoms with Gasteiger partial charge < -0.3 is 15.0 Å². The van der Waals surface area contributed by atoms with E-state index in [0.717, 1.165) is 24.4 Å². The van der Waals surface area contributed by atoms with Gasteiger partial charge in [-0.3, -0.25) is 4.79 Å². The molecular formula is C20H25ClN2O3. The van der Waals surface area contributed by atoms with Gasteiger partial charge in [0, 0.05) is 29.2 Å². The Morgan fingerprint density at radius 2 is 1.88 bits per heavy atom. The highest BCUT2D eigenvalue weighted by Gasteiger charge is 2.19. The number of nitrogens with zero attached hydrogens (tertiary/aromatic N) is 1. The molecule has 2 rings (SSSR count). The number of nitrogen functional groups attached to an aromatic ring is 1. The van der Waals surface area contributed by atoms with Crippen LogP contribution >= 0.6 is 11.6 Å². The first-order valence-corrected chi connectivity index (χ1v) is 9.00. The van der Waals surface area contributed by atoms with Crippen LogP contribution in [0.15, 0.2) is 24.3 Å². The Morgan fingerprint density at radius 1 is 1.19 bits per heavy atom. The highest BCUT2D eigenvalue weighted by Crippen LogP contribution is 2.21. The van der Waals surface area contributed by atoms with Crippen LogP contribution in [-0.2, 0) is 11.3 Å². The molecule has 2 N–H and O–H groups in total. The van der Waals surface area contributed by atoms with Gasteiger partial charge in [-0.2, -0.15) is 0 Å². The summed E-state index contributed by atoms with van der Waals surface area (Å²) in [6.07, 6.45) is 1.03. The minimum atomic E-state index is -0.663. The van der Waals surface area contributed by atoms with Crippen molar-refractivity contribution in [3.8, 4) is 0 Å². The monoisotopic (exact) mass is 376 g/mol. The van der Waals surface area contributed by atoms with Gasteiger partial charge in [0.15, 0.2) is 6.61 Å². The van der Waals surface area contributed by atoms with Gasteiger partial charge in [-0.1, -0.05) is 25.4 Å². The second-order valence-corrected chi connectivity index (χ2v) is 7.26. The third-order valence-corrected chi connectivity index (χ3v) is 4.68. The molecule has 0 aliphatic rings. The van der Waals surface area contributed by atoms with Gasteiger partial charge in [-0.25, -0.2) is 4.79 Å². The zero-order valence-corrected chi connectivity index (χ0v) is 16.4. The molecule has 0 amide bonds. The lowest BCUT2D eigenvalue weighted by atomic mass is 10.1. The van der Waals surface area contributed by atoms with E-state index in [1.807, 2.05) is 19.9 Å². The number of halogens is 1. The van der Waals surface area contributed by atoms with Gasteiger partial charge in [0.1, 0.15) is 0 Å². The van der Waals surface area contributed by atoms with E-state index in [-0.39, 0.29) is 23.0 Å². The predicted molar refractivity (Wildman–Crippen MR) is 104 cm³/mol. The molecule has 0 aliphatic carbocycles. The van der Waals surface area contributed by atoms with Crippen molar-refractivity contribution < 1.29 is 14.3 Å². The van der Waals surface area contributed by atoms with Crippen molar-refractivity contribution in [2.45, 2.75) is 40.7 Å². The molecule has 0 saturated heterocycles. The number of hydrogen-bond donors (Lipinski definition) is 1. The summed E-state index contributed by atoms with van der Waals surface area (Å²) in [5.41, 5.74) is 8.72. The van der Waals surface area contributed by atoms with Crippen LogP contribution < -0.4 is 5.73 Å². The number of carbonyl (C=O) groups is 2. The van der Waals surface area contributed by atoms with E-state index in [4.69, 9.17) is 22.1 Å². The molecule has 0 fully saturated rings. The van der Waals surface area contributed by atoms with E-state index < -0.39 is 5.97 Å². The molecule has 1 aromatic heterocycles. The van der Waals surface area contributed by atoms with Crippen LogP contribution in [0.25, 0.3) is 0 Å². The smallest absolute Gasteiger partial charge is 0.340 e. The summed E-state index contributed by atoms with van der Waals surface area (Å²) < 4.78 is 7.27. The van der Waals surface area contributed by atoms with Crippen LogP contribution in [0, 0.1) is 19.8 Å². The molecule has 0 aliphatic heterocycles. The third-order valence-electron chi connectivity index (χ3n) is 4.35. The van der Waals surface area contributed by atoms with Crippen LogP contribution in [0.1, 0.15) is 52.4 Å². The predicted octanol–water partition coefficient (Wildman–Crippen LogP) is 4.43. The standard InChI is InChI=1S/C20H25ClN2O3/c1-12(2)7-8-23-13(3)9-16(14(23)4)19(24)11-26-20(25)17-10-15(22)5-6-18(17)21/h5-6,9-10,12H,7-8,11,22H2,1-4H3.